The molecule has 0 aromatic heterocycles. The molecule has 0 spiro atoms. The van der Waals surface area contributed by atoms with E-state index < -0.39 is 0 Å². The van der Waals surface area contributed by atoms with Crippen LogP contribution < -0.4 is 5.30 Å². The summed E-state index contributed by atoms with van der Waals surface area (Å²) in [4.78, 5) is 10.3. The minimum absolute atomic E-state index is 0.0316. The fraction of sp³-hybridized carbons (Fsp3) is 0.250. The summed E-state index contributed by atoms with van der Waals surface area (Å²) in [5.41, 5.74) is 2.69. The van der Waals surface area contributed by atoms with Gasteiger partial charge in [-0.2, -0.15) is 0 Å². The molecule has 20 heavy (non-hydrogen) atoms. The van der Waals surface area contributed by atoms with Crippen LogP contribution in [0.2, 0.25) is 0 Å². The van der Waals surface area contributed by atoms with Crippen LogP contribution >= 0.6 is 8.58 Å². The second-order valence-corrected chi connectivity index (χ2v) is 7.50. The molecular weight excluding hydrogens is 269 g/mol. The summed E-state index contributed by atoms with van der Waals surface area (Å²) in [7, 11) is 0.573. The highest BCUT2D eigenvalue weighted by atomic mass is 31.1. The first-order chi connectivity index (χ1) is 9.38. The Labute approximate surface area is 121 Å². The van der Waals surface area contributed by atoms with Gasteiger partial charge in [0.1, 0.15) is 0 Å². The van der Waals surface area contributed by atoms with Crippen LogP contribution in [0.4, 0.5) is 5.69 Å². The summed E-state index contributed by atoms with van der Waals surface area (Å²) in [5, 5.41) is 11.8. The largest absolute Gasteiger partial charge is 0.269 e. The molecule has 3 nitrogen and oxygen atoms in total. The van der Waals surface area contributed by atoms with Gasteiger partial charge in [-0.3, -0.25) is 10.1 Å². The molecule has 0 aliphatic heterocycles. The summed E-state index contributed by atoms with van der Waals surface area (Å²) >= 11 is 0. The summed E-state index contributed by atoms with van der Waals surface area (Å²) in [5.74, 6) is 0. The zero-order valence-electron chi connectivity index (χ0n) is 11.9. The average molecular weight is 287 g/mol. The number of rotatable bonds is 4. The van der Waals surface area contributed by atoms with Crippen molar-refractivity contribution in [1.82, 2.24) is 0 Å². The minimum Gasteiger partial charge on any atom is -0.258 e. The number of nitro benzene ring substituents is 1. The normalized spacial score (nSPS) is 11.9. The zero-order valence-corrected chi connectivity index (χ0v) is 12.9. The molecule has 2 aromatic rings. The van der Waals surface area contributed by atoms with Gasteiger partial charge in [-0.1, -0.05) is 52.3 Å². The lowest BCUT2D eigenvalue weighted by Gasteiger charge is -2.25. The highest BCUT2D eigenvalue weighted by Crippen LogP contribution is 2.40. The number of nitrogens with zero attached hydrogens (tertiary/aromatic N) is 1. The maximum Gasteiger partial charge on any atom is 0.269 e. The van der Waals surface area contributed by atoms with E-state index in [1.807, 2.05) is 12.1 Å². The quantitative estimate of drug-likeness (QED) is 0.482. The van der Waals surface area contributed by atoms with Gasteiger partial charge in [0, 0.05) is 17.3 Å². The van der Waals surface area contributed by atoms with E-state index in [2.05, 4.69) is 45.0 Å². The monoisotopic (exact) mass is 287 g/mol. The lowest BCUT2D eigenvalue weighted by Crippen LogP contribution is -2.14. The van der Waals surface area contributed by atoms with Crippen molar-refractivity contribution >= 4 is 19.6 Å². The fourth-order valence-corrected chi connectivity index (χ4v) is 3.44. The maximum absolute atomic E-state index is 10.7. The minimum atomic E-state index is -0.363. The topological polar surface area (TPSA) is 43.1 Å². The Kier molecular flexibility index (Phi) is 4.20. The van der Waals surface area contributed by atoms with Crippen LogP contribution in [0.25, 0.3) is 0 Å². The van der Waals surface area contributed by atoms with Gasteiger partial charge in [0.05, 0.1) is 4.92 Å². The Hall–Kier alpha value is -1.73. The molecule has 0 saturated carbocycles. The first-order valence-corrected chi connectivity index (χ1v) is 7.48. The molecule has 0 saturated heterocycles. The molecule has 0 amide bonds. The molecular formula is C16H18NO2P. The van der Waals surface area contributed by atoms with Crippen LogP contribution in [0, 0.1) is 17.0 Å². The smallest absolute Gasteiger partial charge is 0.258 e. The molecule has 4 heteroatoms. The molecule has 104 valence electrons. The van der Waals surface area contributed by atoms with Crippen LogP contribution in [0.15, 0.2) is 48.5 Å². The van der Waals surface area contributed by atoms with Crippen LogP contribution in [-0.2, 0) is 5.16 Å². The van der Waals surface area contributed by atoms with Crippen molar-refractivity contribution in [3.05, 3.63) is 69.8 Å². The van der Waals surface area contributed by atoms with Gasteiger partial charge < -0.3 is 0 Å². The third-order valence-corrected chi connectivity index (χ3v) is 4.84. The van der Waals surface area contributed by atoms with Gasteiger partial charge in [0.15, 0.2) is 0 Å². The average Bonchev–Trinajstić information content (AvgIpc) is 2.39. The predicted molar refractivity (Wildman–Crippen MR) is 85.3 cm³/mol. The van der Waals surface area contributed by atoms with E-state index >= 15 is 0 Å². The molecule has 0 heterocycles. The SMILES string of the molecule is Cc1ccc(C(C)(C)Pc2ccc([N+](=O)[O-])cc2)cc1. The van der Waals surface area contributed by atoms with Gasteiger partial charge in [0.25, 0.3) is 5.69 Å². The van der Waals surface area contributed by atoms with Crippen molar-refractivity contribution < 1.29 is 4.92 Å². The number of hydrogen-bond donors (Lipinski definition) is 0. The summed E-state index contributed by atoms with van der Waals surface area (Å²) < 4.78 is 0. The van der Waals surface area contributed by atoms with Gasteiger partial charge in [-0.25, -0.2) is 0 Å². The Balaban J connectivity index is 2.19. The zero-order chi connectivity index (χ0) is 14.8. The lowest BCUT2D eigenvalue weighted by atomic mass is 10.0. The van der Waals surface area contributed by atoms with E-state index in [1.165, 1.54) is 11.1 Å². The van der Waals surface area contributed by atoms with Crippen molar-refractivity contribution in [3.63, 3.8) is 0 Å². The summed E-state index contributed by atoms with van der Waals surface area (Å²) in [6, 6.07) is 15.4. The van der Waals surface area contributed by atoms with Crippen LogP contribution in [-0.4, -0.2) is 4.92 Å². The molecule has 0 fully saturated rings. The van der Waals surface area contributed by atoms with E-state index in [4.69, 9.17) is 0 Å². The van der Waals surface area contributed by atoms with Crippen molar-refractivity contribution in [3.8, 4) is 0 Å². The van der Waals surface area contributed by atoms with E-state index in [0.717, 1.165) is 5.30 Å². The fourth-order valence-electron chi connectivity index (χ4n) is 2.07. The Morgan fingerprint density at radius 2 is 1.55 bits per heavy atom. The molecule has 1 atom stereocenters. The lowest BCUT2D eigenvalue weighted by molar-refractivity contribution is -0.384. The maximum atomic E-state index is 10.7. The van der Waals surface area contributed by atoms with Crippen molar-refractivity contribution in [2.24, 2.45) is 0 Å². The van der Waals surface area contributed by atoms with E-state index in [0.29, 0.717) is 8.58 Å². The highest BCUT2D eigenvalue weighted by Gasteiger charge is 2.21. The molecule has 0 bridgehead atoms. The van der Waals surface area contributed by atoms with Crippen molar-refractivity contribution in [2.75, 3.05) is 0 Å². The molecule has 1 unspecified atom stereocenters. The van der Waals surface area contributed by atoms with Crippen molar-refractivity contribution in [2.45, 2.75) is 25.9 Å². The number of benzene rings is 2. The molecule has 2 rings (SSSR count). The molecule has 0 N–H and O–H groups in total. The van der Waals surface area contributed by atoms with Gasteiger partial charge >= 0.3 is 0 Å². The van der Waals surface area contributed by atoms with Crippen LogP contribution in [0.5, 0.6) is 0 Å². The van der Waals surface area contributed by atoms with Crippen molar-refractivity contribution in [1.29, 1.82) is 0 Å². The third kappa shape index (κ3) is 3.43. The number of non-ortho nitro benzene ring substituents is 1. The first kappa shape index (κ1) is 14.7. The van der Waals surface area contributed by atoms with E-state index in [-0.39, 0.29) is 15.8 Å². The van der Waals surface area contributed by atoms with Gasteiger partial charge in [-0.05, 0) is 29.9 Å². The van der Waals surface area contributed by atoms with E-state index in [9.17, 15) is 10.1 Å². The number of aryl methyl sites for hydroxylation is 1. The first-order valence-electron chi connectivity index (χ1n) is 6.48. The predicted octanol–water partition coefficient (Wildman–Crippen LogP) is 4.14. The Morgan fingerprint density at radius 1 is 1.00 bits per heavy atom. The van der Waals surface area contributed by atoms with Crippen LogP contribution in [0.3, 0.4) is 0 Å². The molecule has 0 aliphatic rings. The Morgan fingerprint density at radius 3 is 2.05 bits per heavy atom. The Bertz CT molecular complexity index is 603. The summed E-state index contributed by atoms with van der Waals surface area (Å²) in [6.45, 7) is 6.49. The number of hydrogen-bond acceptors (Lipinski definition) is 2. The molecule has 2 aromatic carbocycles. The number of nitro groups is 1. The van der Waals surface area contributed by atoms with Crippen LogP contribution in [0.1, 0.15) is 25.0 Å². The second-order valence-electron chi connectivity index (χ2n) is 5.42. The third-order valence-electron chi connectivity index (χ3n) is 3.31. The highest BCUT2D eigenvalue weighted by molar-refractivity contribution is 7.48. The molecule has 0 radical (unpaired) electrons. The summed E-state index contributed by atoms with van der Waals surface area (Å²) in [6.07, 6.45) is 0. The van der Waals surface area contributed by atoms with Gasteiger partial charge in [0.2, 0.25) is 0 Å². The van der Waals surface area contributed by atoms with E-state index in [1.54, 1.807) is 12.1 Å². The molecule has 0 aliphatic carbocycles. The van der Waals surface area contributed by atoms with Gasteiger partial charge in [-0.15, -0.1) is 0 Å². The second kappa shape index (κ2) is 5.72. The standard InChI is InChI=1S/C16H18NO2P/c1-12-4-6-13(7-5-12)16(2,3)20-15-10-8-14(9-11-15)17(18)19/h4-11,20H,1-3H3.